The van der Waals surface area contributed by atoms with E-state index in [0.29, 0.717) is 36.6 Å². The van der Waals surface area contributed by atoms with Gasteiger partial charge in [0.15, 0.2) is 5.03 Å². The maximum absolute atomic E-state index is 13.3. The van der Waals surface area contributed by atoms with Crippen LogP contribution in [0, 0.1) is 0 Å². The number of aromatic nitrogens is 1. The number of carbonyl (C=O) groups excluding carboxylic acids is 2. The minimum Gasteiger partial charge on any atom is -0.496 e. The Morgan fingerprint density at radius 2 is 2.11 bits per heavy atom. The smallest absolute Gasteiger partial charge is 0.252 e. The standard InChI is InChI=1S/C19H23N3O5S/c1-3-17(23)22-8-4-5-13(11-22)28(25,26)19-14-10-16(27-2)15(18(20)24)9-12(14)6-7-21-19/h6-7,9-10,13H,3-5,8,11H2,1-2H3,(H2,20,24)/t13-/m1/s1. The summed E-state index contributed by atoms with van der Waals surface area (Å²) in [6.07, 6.45) is 2.82. The van der Waals surface area contributed by atoms with E-state index in [0.717, 1.165) is 0 Å². The molecule has 0 bridgehead atoms. The van der Waals surface area contributed by atoms with Crippen LogP contribution in [0.3, 0.4) is 0 Å². The highest BCUT2D eigenvalue weighted by Gasteiger charge is 2.35. The lowest BCUT2D eigenvalue weighted by molar-refractivity contribution is -0.131. The lowest BCUT2D eigenvalue weighted by Crippen LogP contribution is -2.45. The molecule has 2 amide bonds. The van der Waals surface area contributed by atoms with E-state index < -0.39 is 21.0 Å². The third kappa shape index (κ3) is 3.54. The fraction of sp³-hybridized carbons (Fsp3) is 0.421. The van der Waals surface area contributed by atoms with E-state index in [2.05, 4.69) is 4.98 Å². The summed E-state index contributed by atoms with van der Waals surface area (Å²) in [4.78, 5) is 29.4. The zero-order valence-corrected chi connectivity index (χ0v) is 16.7. The van der Waals surface area contributed by atoms with Crippen molar-refractivity contribution in [2.24, 2.45) is 5.73 Å². The van der Waals surface area contributed by atoms with E-state index in [9.17, 15) is 18.0 Å². The summed E-state index contributed by atoms with van der Waals surface area (Å²) in [5, 5.41) is 0.0931. The van der Waals surface area contributed by atoms with E-state index >= 15 is 0 Å². The molecule has 1 aliphatic heterocycles. The average Bonchev–Trinajstić information content (AvgIpc) is 2.71. The molecule has 1 aromatic heterocycles. The Hall–Kier alpha value is -2.68. The number of hydrogen-bond acceptors (Lipinski definition) is 6. The van der Waals surface area contributed by atoms with E-state index in [1.807, 2.05) is 0 Å². The molecule has 150 valence electrons. The van der Waals surface area contributed by atoms with Crippen molar-refractivity contribution in [2.75, 3.05) is 20.2 Å². The number of sulfone groups is 1. The predicted octanol–water partition coefficient (Wildman–Crippen LogP) is 1.52. The third-order valence-electron chi connectivity index (χ3n) is 5.06. The number of hydrogen-bond donors (Lipinski definition) is 1. The lowest BCUT2D eigenvalue weighted by Gasteiger charge is -2.32. The van der Waals surface area contributed by atoms with Crippen LogP contribution < -0.4 is 10.5 Å². The number of benzene rings is 1. The molecular formula is C19H23N3O5S. The Labute approximate surface area is 163 Å². The van der Waals surface area contributed by atoms with Crippen molar-refractivity contribution in [3.8, 4) is 5.75 Å². The topological polar surface area (TPSA) is 120 Å². The zero-order chi connectivity index (χ0) is 20.5. The minimum atomic E-state index is -3.80. The molecule has 3 rings (SSSR count). The number of fused-ring (bicyclic) bond motifs is 1. The van der Waals surface area contributed by atoms with Crippen molar-refractivity contribution < 1.29 is 22.7 Å². The van der Waals surface area contributed by atoms with Crippen LogP contribution in [0.2, 0.25) is 0 Å². The molecule has 1 saturated heterocycles. The first-order valence-corrected chi connectivity index (χ1v) is 10.6. The number of methoxy groups -OCH3 is 1. The first-order chi connectivity index (χ1) is 13.3. The van der Waals surface area contributed by atoms with Crippen molar-refractivity contribution in [1.29, 1.82) is 0 Å². The van der Waals surface area contributed by atoms with Crippen LogP contribution in [0.4, 0.5) is 0 Å². The van der Waals surface area contributed by atoms with Crippen LogP contribution in [-0.2, 0) is 14.6 Å². The maximum Gasteiger partial charge on any atom is 0.252 e. The summed E-state index contributed by atoms with van der Waals surface area (Å²) in [6, 6.07) is 4.60. The van der Waals surface area contributed by atoms with Crippen molar-refractivity contribution in [2.45, 2.75) is 36.5 Å². The van der Waals surface area contributed by atoms with E-state index in [4.69, 9.17) is 10.5 Å². The number of pyridine rings is 1. The molecule has 1 aromatic carbocycles. The summed E-state index contributed by atoms with van der Waals surface area (Å²) in [5.74, 6) is -0.532. The van der Waals surface area contributed by atoms with Gasteiger partial charge in [-0.3, -0.25) is 9.59 Å². The SMILES string of the molecule is CCC(=O)N1CCC[C@@H](S(=O)(=O)c2nccc3cc(C(N)=O)c(OC)cc23)C1. The molecule has 0 spiro atoms. The second kappa shape index (κ2) is 7.75. The molecule has 9 heteroatoms. The van der Waals surface area contributed by atoms with Crippen LogP contribution in [0.5, 0.6) is 5.75 Å². The maximum atomic E-state index is 13.3. The monoisotopic (exact) mass is 405 g/mol. The Balaban J connectivity index is 2.09. The van der Waals surface area contributed by atoms with Gasteiger partial charge >= 0.3 is 0 Å². The number of piperidine rings is 1. The van der Waals surface area contributed by atoms with Crippen LogP contribution in [0.1, 0.15) is 36.5 Å². The molecule has 2 heterocycles. The number of primary amides is 1. The summed E-state index contributed by atoms with van der Waals surface area (Å²) in [7, 11) is -2.42. The Kier molecular flexibility index (Phi) is 5.55. The highest BCUT2D eigenvalue weighted by molar-refractivity contribution is 7.92. The quantitative estimate of drug-likeness (QED) is 0.805. The summed E-state index contributed by atoms with van der Waals surface area (Å²) in [5.41, 5.74) is 5.56. The van der Waals surface area contributed by atoms with Gasteiger partial charge in [-0.1, -0.05) is 6.92 Å². The van der Waals surface area contributed by atoms with Crippen molar-refractivity contribution >= 4 is 32.4 Å². The van der Waals surface area contributed by atoms with Gasteiger partial charge in [-0.15, -0.1) is 0 Å². The van der Waals surface area contributed by atoms with Crippen molar-refractivity contribution in [1.82, 2.24) is 9.88 Å². The van der Waals surface area contributed by atoms with Crippen LogP contribution in [0.15, 0.2) is 29.4 Å². The van der Waals surface area contributed by atoms with Crippen LogP contribution in [-0.4, -0.2) is 55.6 Å². The van der Waals surface area contributed by atoms with Crippen LogP contribution in [0.25, 0.3) is 10.8 Å². The lowest BCUT2D eigenvalue weighted by atomic mass is 10.1. The number of amides is 2. The van der Waals surface area contributed by atoms with Gasteiger partial charge in [0.1, 0.15) is 5.75 Å². The normalized spacial score (nSPS) is 17.5. The molecule has 8 nitrogen and oxygen atoms in total. The highest BCUT2D eigenvalue weighted by Crippen LogP contribution is 2.32. The van der Waals surface area contributed by atoms with E-state index in [-0.39, 0.29) is 28.8 Å². The van der Waals surface area contributed by atoms with Crippen molar-refractivity contribution in [3.05, 3.63) is 30.0 Å². The molecule has 0 aliphatic carbocycles. The molecule has 1 atom stereocenters. The fourth-order valence-electron chi connectivity index (χ4n) is 3.56. The van der Waals surface area contributed by atoms with Gasteiger partial charge in [0.2, 0.25) is 15.7 Å². The Morgan fingerprint density at radius 3 is 2.75 bits per heavy atom. The molecular weight excluding hydrogens is 382 g/mol. The second-order valence-electron chi connectivity index (χ2n) is 6.76. The van der Waals surface area contributed by atoms with Gasteiger partial charge in [-0.25, -0.2) is 13.4 Å². The molecule has 28 heavy (non-hydrogen) atoms. The summed E-state index contributed by atoms with van der Waals surface area (Å²) < 4.78 is 31.9. The predicted molar refractivity (Wildman–Crippen MR) is 104 cm³/mol. The minimum absolute atomic E-state index is 0.0569. The second-order valence-corrected chi connectivity index (χ2v) is 8.90. The molecule has 0 unspecified atom stereocenters. The van der Waals surface area contributed by atoms with E-state index in [1.54, 1.807) is 17.9 Å². The van der Waals surface area contributed by atoms with Gasteiger partial charge in [0.25, 0.3) is 5.91 Å². The third-order valence-corrected chi connectivity index (χ3v) is 7.18. The number of rotatable bonds is 5. The largest absolute Gasteiger partial charge is 0.496 e. The zero-order valence-electron chi connectivity index (χ0n) is 15.8. The summed E-state index contributed by atoms with van der Waals surface area (Å²) in [6.45, 7) is 2.48. The molecule has 1 fully saturated rings. The van der Waals surface area contributed by atoms with E-state index in [1.165, 1.54) is 25.4 Å². The number of carbonyl (C=O) groups is 2. The first kappa shape index (κ1) is 20.1. The molecule has 1 aliphatic rings. The highest BCUT2D eigenvalue weighted by atomic mass is 32.2. The van der Waals surface area contributed by atoms with Gasteiger partial charge in [0, 0.05) is 31.1 Å². The van der Waals surface area contributed by atoms with Gasteiger partial charge < -0.3 is 15.4 Å². The molecule has 2 N–H and O–H groups in total. The van der Waals surface area contributed by atoms with Crippen LogP contribution >= 0.6 is 0 Å². The van der Waals surface area contributed by atoms with Crippen molar-refractivity contribution in [3.63, 3.8) is 0 Å². The Morgan fingerprint density at radius 1 is 1.36 bits per heavy atom. The van der Waals surface area contributed by atoms with Gasteiger partial charge in [-0.2, -0.15) is 0 Å². The molecule has 0 radical (unpaired) electrons. The summed E-state index contributed by atoms with van der Waals surface area (Å²) >= 11 is 0. The average molecular weight is 405 g/mol. The molecule has 0 saturated carbocycles. The number of nitrogens with zero attached hydrogens (tertiary/aromatic N) is 2. The number of likely N-dealkylation sites (tertiary alicyclic amines) is 1. The Bertz CT molecular complexity index is 1040. The van der Waals surface area contributed by atoms with Gasteiger partial charge in [0.05, 0.1) is 17.9 Å². The number of nitrogens with two attached hydrogens (primary N) is 1. The van der Waals surface area contributed by atoms with Gasteiger partial charge in [-0.05, 0) is 36.4 Å². The fourth-order valence-corrected chi connectivity index (χ4v) is 5.42. The number of ether oxygens (including phenoxy) is 1. The molecule has 2 aromatic rings. The first-order valence-electron chi connectivity index (χ1n) is 9.07.